The summed E-state index contributed by atoms with van der Waals surface area (Å²) in [4.78, 5) is 0. The maximum Gasteiger partial charge on any atom is 0.127 e. The van der Waals surface area contributed by atoms with E-state index < -0.39 is 0 Å². The molecule has 0 radical (unpaired) electrons. The van der Waals surface area contributed by atoms with E-state index >= 15 is 0 Å². The van der Waals surface area contributed by atoms with Crippen LogP contribution in [0.2, 0.25) is 0 Å². The SMILES string of the molecule is CCCC(C)(C)c1cc(F)ccc1F. The Morgan fingerprint density at radius 3 is 2.43 bits per heavy atom. The molecule has 0 aliphatic heterocycles. The highest BCUT2D eigenvalue weighted by Gasteiger charge is 2.23. The predicted octanol–water partition coefficient (Wildman–Crippen LogP) is 4.04. The van der Waals surface area contributed by atoms with Crippen molar-refractivity contribution in [3.63, 3.8) is 0 Å². The molecular weight excluding hydrogens is 182 g/mol. The van der Waals surface area contributed by atoms with Gasteiger partial charge < -0.3 is 0 Å². The van der Waals surface area contributed by atoms with Crippen molar-refractivity contribution in [3.8, 4) is 0 Å². The maximum atomic E-state index is 13.4. The lowest BCUT2D eigenvalue weighted by atomic mass is 9.80. The molecule has 0 heterocycles. The number of hydrogen-bond acceptors (Lipinski definition) is 0. The van der Waals surface area contributed by atoms with Crippen molar-refractivity contribution < 1.29 is 8.78 Å². The molecule has 2 heteroatoms. The van der Waals surface area contributed by atoms with Crippen molar-refractivity contribution in [1.29, 1.82) is 0 Å². The van der Waals surface area contributed by atoms with Crippen LogP contribution in [0, 0.1) is 11.6 Å². The third-order valence-electron chi connectivity index (χ3n) is 2.53. The van der Waals surface area contributed by atoms with Crippen LogP contribution in [-0.4, -0.2) is 0 Å². The molecule has 0 unspecified atom stereocenters. The quantitative estimate of drug-likeness (QED) is 0.687. The fraction of sp³-hybridized carbons (Fsp3) is 0.500. The lowest BCUT2D eigenvalue weighted by Gasteiger charge is -2.25. The first kappa shape index (κ1) is 11.2. The van der Waals surface area contributed by atoms with Gasteiger partial charge in [-0.1, -0.05) is 27.2 Å². The molecule has 0 nitrogen and oxygen atoms in total. The van der Waals surface area contributed by atoms with Crippen molar-refractivity contribution >= 4 is 0 Å². The first-order chi connectivity index (χ1) is 6.47. The van der Waals surface area contributed by atoms with E-state index in [9.17, 15) is 8.78 Å². The zero-order valence-electron chi connectivity index (χ0n) is 8.90. The van der Waals surface area contributed by atoms with Gasteiger partial charge in [-0.15, -0.1) is 0 Å². The molecule has 0 amide bonds. The molecule has 1 aromatic rings. The lowest BCUT2D eigenvalue weighted by Crippen LogP contribution is -2.18. The van der Waals surface area contributed by atoms with E-state index in [0.29, 0.717) is 5.56 Å². The molecule has 0 saturated heterocycles. The van der Waals surface area contributed by atoms with Gasteiger partial charge in [0.1, 0.15) is 11.6 Å². The number of rotatable bonds is 3. The van der Waals surface area contributed by atoms with Crippen LogP contribution in [0.1, 0.15) is 39.2 Å². The summed E-state index contributed by atoms with van der Waals surface area (Å²) in [6.07, 6.45) is 1.82. The Morgan fingerprint density at radius 2 is 1.86 bits per heavy atom. The molecule has 0 aliphatic carbocycles. The normalized spacial score (nSPS) is 11.8. The van der Waals surface area contributed by atoms with Crippen LogP contribution in [0.15, 0.2) is 18.2 Å². The van der Waals surface area contributed by atoms with Crippen LogP contribution in [0.5, 0.6) is 0 Å². The minimum atomic E-state index is -0.370. The summed E-state index contributed by atoms with van der Waals surface area (Å²) in [5.41, 5.74) is 0.181. The topological polar surface area (TPSA) is 0 Å². The predicted molar refractivity (Wildman–Crippen MR) is 54.3 cm³/mol. The molecule has 0 fully saturated rings. The average molecular weight is 198 g/mol. The van der Waals surface area contributed by atoms with E-state index in [2.05, 4.69) is 0 Å². The van der Waals surface area contributed by atoms with Gasteiger partial charge in [0.15, 0.2) is 0 Å². The minimum absolute atomic E-state index is 0.291. The van der Waals surface area contributed by atoms with E-state index in [1.807, 2.05) is 20.8 Å². The Balaban J connectivity index is 3.10. The lowest BCUT2D eigenvalue weighted by molar-refractivity contribution is 0.440. The van der Waals surface area contributed by atoms with Crippen LogP contribution in [0.25, 0.3) is 0 Å². The summed E-state index contributed by atoms with van der Waals surface area (Å²) in [5, 5.41) is 0. The maximum absolute atomic E-state index is 13.4. The van der Waals surface area contributed by atoms with Crippen LogP contribution < -0.4 is 0 Å². The molecule has 1 aromatic carbocycles. The summed E-state index contributed by atoms with van der Waals surface area (Å²) in [6, 6.07) is 3.65. The average Bonchev–Trinajstić information content (AvgIpc) is 2.09. The second-order valence-corrected chi connectivity index (χ2v) is 4.26. The van der Waals surface area contributed by atoms with Crippen molar-refractivity contribution in [2.45, 2.75) is 39.0 Å². The third kappa shape index (κ3) is 2.31. The van der Waals surface area contributed by atoms with E-state index in [4.69, 9.17) is 0 Å². The molecule has 0 N–H and O–H groups in total. The van der Waals surface area contributed by atoms with Crippen molar-refractivity contribution in [1.82, 2.24) is 0 Å². The molecule has 0 saturated carbocycles. The first-order valence-electron chi connectivity index (χ1n) is 4.93. The van der Waals surface area contributed by atoms with Crippen LogP contribution >= 0.6 is 0 Å². The highest BCUT2D eigenvalue weighted by Crippen LogP contribution is 2.30. The van der Waals surface area contributed by atoms with E-state index in [0.717, 1.165) is 18.9 Å². The monoisotopic (exact) mass is 198 g/mol. The van der Waals surface area contributed by atoms with E-state index in [1.54, 1.807) is 0 Å². The minimum Gasteiger partial charge on any atom is -0.207 e. The zero-order valence-corrected chi connectivity index (χ0v) is 8.90. The van der Waals surface area contributed by atoms with Gasteiger partial charge in [-0.25, -0.2) is 8.78 Å². The standard InChI is InChI=1S/C12H16F2/c1-4-7-12(2,3)10-8-9(13)5-6-11(10)14/h5-6,8H,4,7H2,1-3H3. The van der Waals surface area contributed by atoms with Crippen LogP contribution in [0.4, 0.5) is 8.78 Å². The molecule has 1 rings (SSSR count). The fourth-order valence-corrected chi connectivity index (χ4v) is 1.78. The Bertz CT molecular complexity index is 316. The summed E-state index contributed by atoms with van der Waals surface area (Å²) in [6.45, 7) is 5.92. The third-order valence-corrected chi connectivity index (χ3v) is 2.53. The highest BCUT2D eigenvalue weighted by atomic mass is 19.1. The summed E-state index contributed by atoms with van der Waals surface area (Å²) in [7, 11) is 0. The van der Waals surface area contributed by atoms with Crippen molar-refractivity contribution in [2.24, 2.45) is 0 Å². The number of hydrogen-bond donors (Lipinski definition) is 0. The van der Waals surface area contributed by atoms with Gasteiger partial charge in [-0.05, 0) is 35.6 Å². The Morgan fingerprint density at radius 1 is 1.21 bits per heavy atom. The van der Waals surface area contributed by atoms with Gasteiger partial charge >= 0.3 is 0 Å². The van der Waals surface area contributed by atoms with E-state index in [1.165, 1.54) is 12.1 Å². The van der Waals surface area contributed by atoms with Gasteiger partial charge in [0.2, 0.25) is 0 Å². The zero-order chi connectivity index (χ0) is 10.8. The second kappa shape index (κ2) is 4.07. The number of halogens is 2. The second-order valence-electron chi connectivity index (χ2n) is 4.26. The molecule has 0 spiro atoms. The molecule has 0 atom stereocenters. The summed E-state index contributed by atoms with van der Waals surface area (Å²) >= 11 is 0. The van der Waals surface area contributed by atoms with Gasteiger partial charge in [-0.3, -0.25) is 0 Å². The van der Waals surface area contributed by atoms with Gasteiger partial charge in [0, 0.05) is 0 Å². The Kier molecular flexibility index (Phi) is 3.25. The molecule has 0 aromatic heterocycles. The summed E-state index contributed by atoms with van der Waals surface area (Å²) < 4.78 is 26.4. The van der Waals surface area contributed by atoms with Crippen molar-refractivity contribution in [3.05, 3.63) is 35.4 Å². The fourth-order valence-electron chi connectivity index (χ4n) is 1.78. The van der Waals surface area contributed by atoms with Gasteiger partial charge in [0.05, 0.1) is 0 Å². The van der Waals surface area contributed by atoms with Gasteiger partial charge in [0.25, 0.3) is 0 Å². The smallest absolute Gasteiger partial charge is 0.127 e. The largest absolute Gasteiger partial charge is 0.207 e. The van der Waals surface area contributed by atoms with Crippen LogP contribution in [0.3, 0.4) is 0 Å². The molecular formula is C12H16F2. The summed E-state index contributed by atoms with van der Waals surface area (Å²) in [5.74, 6) is -0.685. The molecule has 0 aliphatic rings. The molecule has 0 bridgehead atoms. The number of benzene rings is 1. The highest BCUT2D eigenvalue weighted by molar-refractivity contribution is 5.26. The Labute approximate surface area is 84.0 Å². The van der Waals surface area contributed by atoms with Crippen molar-refractivity contribution in [2.75, 3.05) is 0 Å². The first-order valence-corrected chi connectivity index (χ1v) is 4.93. The molecule has 14 heavy (non-hydrogen) atoms. The molecule has 78 valence electrons. The van der Waals surface area contributed by atoms with E-state index in [-0.39, 0.29) is 17.0 Å². The van der Waals surface area contributed by atoms with Crippen LogP contribution in [-0.2, 0) is 5.41 Å². The Hall–Kier alpha value is -0.920. The van der Waals surface area contributed by atoms with Gasteiger partial charge in [-0.2, -0.15) is 0 Å².